The highest BCUT2D eigenvalue weighted by Gasteiger charge is 2.07. The number of aryl methyl sites for hydroxylation is 1. The van der Waals surface area contributed by atoms with Crippen molar-refractivity contribution in [1.82, 2.24) is 14.8 Å². The summed E-state index contributed by atoms with van der Waals surface area (Å²) in [6.07, 6.45) is 2.33. The molecule has 0 saturated carbocycles. The molecule has 0 unspecified atom stereocenters. The number of nitrogens with two attached hydrogens (primary N) is 1. The molecule has 1 aromatic heterocycles. The molecule has 0 amide bonds. The molecule has 5 nitrogen and oxygen atoms in total. The van der Waals surface area contributed by atoms with E-state index in [0.29, 0.717) is 23.9 Å². The Balaban J connectivity index is 2.03. The summed E-state index contributed by atoms with van der Waals surface area (Å²) in [5, 5.41) is 4.68. The van der Waals surface area contributed by atoms with Crippen molar-refractivity contribution in [3.05, 3.63) is 40.9 Å². The van der Waals surface area contributed by atoms with Crippen LogP contribution in [0, 0.1) is 0 Å². The lowest BCUT2D eigenvalue weighted by molar-refractivity contribution is 0.287. The van der Waals surface area contributed by atoms with Crippen LogP contribution in [0.3, 0.4) is 0 Å². The molecule has 1 heterocycles. The van der Waals surface area contributed by atoms with E-state index in [1.54, 1.807) is 4.68 Å². The van der Waals surface area contributed by atoms with Crippen LogP contribution < -0.4 is 10.5 Å². The zero-order valence-electron chi connectivity index (χ0n) is 10.8. The van der Waals surface area contributed by atoms with E-state index in [2.05, 4.69) is 10.1 Å². The molecule has 2 aromatic rings. The van der Waals surface area contributed by atoms with Gasteiger partial charge in [0.05, 0.1) is 5.02 Å². The fourth-order valence-electron chi connectivity index (χ4n) is 1.79. The minimum absolute atomic E-state index is 0.351. The number of benzene rings is 1. The first-order chi connectivity index (χ1) is 9.24. The van der Waals surface area contributed by atoms with Gasteiger partial charge in [0.2, 0.25) is 0 Å². The summed E-state index contributed by atoms with van der Waals surface area (Å²) < 4.78 is 7.46. The van der Waals surface area contributed by atoms with Crippen LogP contribution in [0.15, 0.2) is 24.5 Å². The third-order valence-corrected chi connectivity index (χ3v) is 3.08. The SMILES string of the molecule is CCn1ncnc1COc1ccc(CCN)cc1Cl. The highest BCUT2D eigenvalue weighted by Crippen LogP contribution is 2.26. The van der Waals surface area contributed by atoms with Crippen LogP contribution in [0.5, 0.6) is 5.75 Å². The van der Waals surface area contributed by atoms with Crippen LogP contribution in [-0.4, -0.2) is 21.3 Å². The highest BCUT2D eigenvalue weighted by atomic mass is 35.5. The summed E-state index contributed by atoms with van der Waals surface area (Å²) in [6.45, 7) is 3.73. The average Bonchev–Trinajstić information content (AvgIpc) is 2.85. The molecule has 0 aliphatic rings. The van der Waals surface area contributed by atoms with Gasteiger partial charge in [-0.05, 0) is 37.6 Å². The summed E-state index contributed by atoms with van der Waals surface area (Å²) >= 11 is 6.17. The van der Waals surface area contributed by atoms with Crippen molar-refractivity contribution < 1.29 is 4.74 Å². The molecular weight excluding hydrogens is 264 g/mol. The highest BCUT2D eigenvalue weighted by molar-refractivity contribution is 6.32. The van der Waals surface area contributed by atoms with Crippen molar-refractivity contribution in [2.24, 2.45) is 5.73 Å². The second-order valence-corrected chi connectivity index (χ2v) is 4.49. The maximum atomic E-state index is 6.17. The van der Waals surface area contributed by atoms with Gasteiger partial charge in [-0.2, -0.15) is 5.10 Å². The van der Waals surface area contributed by atoms with Crippen LogP contribution in [0.2, 0.25) is 5.02 Å². The summed E-state index contributed by atoms with van der Waals surface area (Å²) in [5.74, 6) is 1.43. The molecule has 0 radical (unpaired) electrons. The first kappa shape index (κ1) is 13.8. The Labute approximate surface area is 117 Å². The number of hydrogen-bond acceptors (Lipinski definition) is 4. The zero-order chi connectivity index (χ0) is 13.7. The lowest BCUT2D eigenvalue weighted by atomic mass is 10.1. The van der Waals surface area contributed by atoms with Gasteiger partial charge < -0.3 is 10.5 Å². The van der Waals surface area contributed by atoms with Crippen LogP contribution in [0.1, 0.15) is 18.3 Å². The van der Waals surface area contributed by atoms with Crippen LogP contribution >= 0.6 is 11.6 Å². The molecule has 19 heavy (non-hydrogen) atoms. The second-order valence-electron chi connectivity index (χ2n) is 4.08. The number of hydrogen-bond donors (Lipinski definition) is 1. The molecule has 0 saturated heterocycles. The molecule has 0 bridgehead atoms. The molecule has 2 N–H and O–H groups in total. The smallest absolute Gasteiger partial charge is 0.164 e. The van der Waals surface area contributed by atoms with Gasteiger partial charge in [0.1, 0.15) is 18.7 Å². The number of rotatable bonds is 6. The van der Waals surface area contributed by atoms with Gasteiger partial charge in [0.25, 0.3) is 0 Å². The summed E-state index contributed by atoms with van der Waals surface area (Å²) in [7, 11) is 0. The van der Waals surface area contributed by atoms with E-state index < -0.39 is 0 Å². The molecule has 0 spiro atoms. The van der Waals surface area contributed by atoms with Crippen molar-refractivity contribution in [2.75, 3.05) is 6.54 Å². The minimum Gasteiger partial charge on any atom is -0.484 e. The monoisotopic (exact) mass is 280 g/mol. The Bertz CT molecular complexity index is 541. The van der Waals surface area contributed by atoms with E-state index in [0.717, 1.165) is 24.4 Å². The number of halogens is 1. The maximum Gasteiger partial charge on any atom is 0.164 e. The summed E-state index contributed by atoms with van der Waals surface area (Å²) in [4.78, 5) is 4.15. The topological polar surface area (TPSA) is 66.0 Å². The van der Waals surface area contributed by atoms with E-state index in [-0.39, 0.29) is 0 Å². The second kappa shape index (κ2) is 6.54. The Morgan fingerprint density at radius 1 is 1.42 bits per heavy atom. The molecule has 0 fully saturated rings. The Morgan fingerprint density at radius 2 is 2.26 bits per heavy atom. The van der Waals surface area contributed by atoms with Crippen molar-refractivity contribution in [3.8, 4) is 5.75 Å². The third kappa shape index (κ3) is 3.45. The normalized spacial score (nSPS) is 10.7. The molecule has 2 rings (SSSR count). The fourth-order valence-corrected chi connectivity index (χ4v) is 2.05. The van der Waals surface area contributed by atoms with Gasteiger partial charge in [0.15, 0.2) is 5.82 Å². The van der Waals surface area contributed by atoms with Crippen molar-refractivity contribution >= 4 is 11.6 Å². The Morgan fingerprint density at radius 3 is 2.95 bits per heavy atom. The van der Waals surface area contributed by atoms with Crippen LogP contribution in [-0.2, 0) is 19.6 Å². The molecule has 0 aliphatic heterocycles. The van der Waals surface area contributed by atoms with Gasteiger partial charge >= 0.3 is 0 Å². The van der Waals surface area contributed by atoms with Crippen LogP contribution in [0.4, 0.5) is 0 Å². The van der Waals surface area contributed by atoms with E-state index in [1.165, 1.54) is 6.33 Å². The molecule has 0 aliphatic carbocycles. The van der Waals surface area contributed by atoms with Gasteiger partial charge in [-0.15, -0.1) is 0 Å². The molecule has 0 atom stereocenters. The molecule has 102 valence electrons. The largest absolute Gasteiger partial charge is 0.484 e. The standard InChI is InChI=1S/C13H17ClN4O/c1-2-18-13(16-9-17-18)8-19-12-4-3-10(5-6-15)7-11(12)14/h3-4,7,9H,2,5-6,8,15H2,1H3. The van der Waals surface area contributed by atoms with Crippen molar-refractivity contribution in [2.45, 2.75) is 26.5 Å². The van der Waals surface area contributed by atoms with Gasteiger partial charge in [-0.25, -0.2) is 9.67 Å². The first-order valence-electron chi connectivity index (χ1n) is 6.22. The number of ether oxygens (including phenoxy) is 1. The number of nitrogens with zero attached hydrogens (tertiary/aromatic N) is 3. The molecular formula is C13H17ClN4O. The van der Waals surface area contributed by atoms with Gasteiger partial charge in [-0.1, -0.05) is 17.7 Å². The van der Waals surface area contributed by atoms with Crippen molar-refractivity contribution in [3.63, 3.8) is 0 Å². The third-order valence-electron chi connectivity index (χ3n) is 2.78. The van der Waals surface area contributed by atoms with Crippen molar-refractivity contribution in [1.29, 1.82) is 0 Å². The van der Waals surface area contributed by atoms with E-state index >= 15 is 0 Å². The lowest BCUT2D eigenvalue weighted by Gasteiger charge is -2.09. The van der Waals surface area contributed by atoms with E-state index in [9.17, 15) is 0 Å². The maximum absolute atomic E-state index is 6.17. The Kier molecular flexibility index (Phi) is 4.76. The van der Waals surface area contributed by atoms with Gasteiger partial charge in [-0.3, -0.25) is 0 Å². The molecule has 6 heteroatoms. The summed E-state index contributed by atoms with van der Waals surface area (Å²) in [5.41, 5.74) is 6.62. The number of aromatic nitrogens is 3. The summed E-state index contributed by atoms with van der Waals surface area (Å²) in [6, 6.07) is 5.72. The fraction of sp³-hybridized carbons (Fsp3) is 0.385. The molecule has 1 aromatic carbocycles. The lowest BCUT2D eigenvalue weighted by Crippen LogP contribution is -2.07. The van der Waals surface area contributed by atoms with Gasteiger partial charge in [0, 0.05) is 6.54 Å². The van der Waals surface area contributed by atoms with E-state index in [1.807, 2.05) is 25.1 Å². The van der Waals surface area contributed by atoms with E-state index in [4.69, 9.17) is 22.1 Å². The average molecular weight is 281 g/mol. The Hall–Kier alpha value is -1.59. The predicted molar refractivity (Wildman–Crippen MR) is 74.2 cm³/mol. The minimum atomic E-state index is 0.351. The quantitative estimate of drug-likeness (QED) is 0.879. The predicted octanol–water partition coefficient (Wildman–Crippen LogP) is 2.03. The first-order valence-corrected chi connectivity index (χ1v) is 6.60. The van der Waals surface area contributed by atoms with Crippen LogP contribution in [0.25, 0.3) is 0 Å². The zero-order valence-corrected chi connectivity index (χ0v) is 11.6.